The van der Waals surface area contributed by atoms with Gasteiger partial charge in [-0.25, -0.2) is 0 Å². The fourth-order valence-corrected chi connectivity index (χ4v) is 4.05. The van der Waals surface area contributed by atoms with Crippen LogP contribution in [0.1, 0.15) is 58.3 Å². The minimum Gasteiger partial charge on any atom is -0.317 e. The lowest BCUT2D eigenvalue weighted by Gasteiger charge is -2.35. The third-order valence-corrected chi connectivity index (χ3v) is 5.64. The molecule has 0 atom stereocenters. The highest BCUT2D eigenvalue weighted by molar-refractivity contribution is 4.88. The van der Waals surface area contributed by atoms with Gasteiger partial charge in [0.15, 0.2) is 0 Å². The fourth-order valence-electron chi connectivity index (χ4n) is 4.05. The number of hydrogen-bond acceptors (Lipinski definition) is 2. The molecule has 0 unspecified atom stereocenters. The number of nitrogens with zero attached hydrogens (tertiary/aromatic N) is 1. The first-order valence-corrected chi connectivity index (χ1v) is 8.76. The Morgan fingerprint density at radius 2 is 1.37 bits per heavy atom. The molecule has 110 valence electrons. The Balaban J connectivity index is 1.46. The molecule has 19 heavy (non-hydrogen) atoms. The van der Waals surface area contributed by atoms with E-state index >= 15 is 0 Å². The van der Waals surface area contributed by atoms with Crippen LogP contribution < -0.4 is 5.32 Å². The summed E-state index contributed by atoms with van der Waals surface area (Å²) in [4.78, 5) is 2.89. The van der Waals surface area contributed by atoms with Crippen molar-refractivity contribution in [3.63, 3.8) is 0 Å². The predicted octanol–water partition coefficient (Wildman–Crippen LogP) is 3.28. The van der Waals surface area contributed by atoms with Gasteiger partial charge in [-0.05, 0) is 69.4 Å². The molecule has 0 bridgehead atoms. The number of hydrogen-bond donors (Lipinski definition) is 1. The average molecular weight is 264 g/mol. The van der Waals surface area contributed by atoms with Gasteiger partial charge in [-0.3, -0.25) is 4.90 Å². The molecule has 0 spiro atoms. The van der Waals surface area contributed by atoms with Crippen LogP contribution in [0.4, 0.5) is 0 Å². The van der Waals surface area contributed by atoms with E-state index in [1.54, 1.807) is 0 Å². The van der Waals surface area contributed by atoms with Crippen molar-refractivity contribution in [1.82, 2.24) is 10.2 Å². The molecule has 1 aliphatic heterocycles. The Bertz CT molecular complexity index is 260. The van der Waals surface area contributed by atoms with Crippen LogP contribution in [0.15, 0.2) is 0 Å². The average Bonchev–Trinajstić information content (AvgIpc) is 3.26. The molecule has 2 nitrogen and oxygen atoms in total. The third-order valence-electron chi connectivity index (χ3n) is 5.64. The van der Waals surface area contributed by atoms with Crippen LogP contribution in [-0.2, 0) is 0 Å². The lowest BCUT2D eigenvalue weighted by Crippen LogP contribution is -2.40. The molecule has 1 heterocycles. The molecular weight excluding hydrogens is 232 g/mol. The Kier molecular flexibility index (Phi) is 4.81. The van der Waals surface area contributed by atoms with Crippen LogP contribution in [0.2, 0.25) is 0 Å². The second-order valence-corrected chi connectivity index (χ2v) is 7.50. The second kappa shape index (κ2) is 6.58. The summed E-state index contributed by atoms with van der Waals surface area (Å²) < 4.78 is 0. The van der Waals surface area contributed by atoms with Crippen molar-refractivity contribution in [2.24, 2.45) is 17.8 Å². The van der Waals surface area contributed by atoms with Crippen LogP contribution in [0.5, 0.6) is 0 Å². The van der Waals surface area contributed by atoms with Crippen LogP contribution in [-0.4, -0.2) is 37.1 Å². The van der Waals surface area contributed by atoms with E-state index in [0.717, 1.165) is 23.8 Å². The topological polar surface area (TPSA) is 15.3 Å². The first kappa shape index (κ1) is 13.9. The van der Waals surface area contributed by atoms with Crippen LogP contribution >= 0.6 is 0 Å². The molecule has 3 fully saturated rings. The molecule has 0 aromatic rings. The van der Waals surface area contributed by atoms with Gasteiger partial charge in [0.2, 0.25) is 0 Å². The van der Waals surface area contributed by atoms with Gasteiger partial charge in [0.05, 0.1) is 0 Å². The molecule has 3 rings (SSSR count). The maximum absolute atomic E-state index is 3.50. The van der Waals surface area contributed by atoms with Crippen molar-refractivity contribution >= 4 is 0 Å². The lowest BCUT2D eigenvalue weighted by molar-refractivity contribution is 0.146. The van der Waals surface area contributed by atoms with Crippen molar-refractivity contribution in [3.8, 4) is 0 Å². The van der Waals surface area contributed by atoms with Crippen molar-refractivity contribution in [2.75, 3.05) is 26.2 Å². The summed E-state index contributed by atoms with van der Waals surface area (Å²) >= 11 is 0. The highest BCUT2D eigenvalue weighted by atomic mass is 15.2. The SMILES string of the molecule is CC1CCC(CN(CC2CCNCC2)C2CC2)CC1. The van der Waals surface area contributed by atoms with E-state index in [9.17, 15) is 0 Å². The normalized spacial score (nSPS) is 33.8. The summed E-state index contributed by atoms with van der Waals surface area (Å²) in [6.07, 6.45) is 11.7. The van der Waals surface area contributed by atoms with E-state index in [1.807, 2.05) is 0 Å². The summed E-state index contributed by atoms with van der Waals surface area (Å²) in [7, 11) is 0. The van der Waals surface area contributed by atoms with E-state index in [-0.39, 0.29) is 0 Å². The van der Waals surface area contributed by atoms with E-state index in [2.05, 4.69) is 17.1 Å². The zero-order valence-corrected chi connectivity index (χ0v) is 12.7. The smallest absolute Gasteiger partial charge is 0.00966 e. The van der Waals surface area contributed by atoms with Gasteiger partial charge in [-0.15, -0.1) is 0 Å². The molecule has 2 heteroatoms. The van der Waals surface area contributed by atoms with Gasteiger partial charge in [0.25, 0.3) is 0 Å². The van der Waals surface area contributed by atoms with E-state index in [1.165, 1.54) is 77.5 Å². The molecule has 0 radical (unpaired) electrons. The maximum atomic E-state index is 3.50. The van der Waals surface area contributed by atoms with Gasteiger partial charge < -0.3 is 5.32 Å². The van der Waals surface area contributed by atoms with Gasteiger partial charge >= 0.3 is 0 Å². The van der Waals surface area contributed by atoms with Gasteiger partial charge in [0.1, 0.15) is 0 Å². The first-order chi connectivity index (χ1) is 9.31. The summed E-state index contributed by atoms with van der Waals surface area (Å²) in [6, 6.07) is 0.967. The molecule has 1 saturated heterocycles. The summed E-state index contributed by atoms with van der Waals surface area (Å²) in [6.45, 7) is 7.76. The Morgan fingerprint density at radius 1 is 0.789 bits per heavy atom. The maximum Gasteiger partial charge on any atom is 0.00966 e. The third kappa shape index (κ3) is 4.19. The summed E-state index contributed by atoms with van der Waals surface area (Å²) in [5, 5.41) is 3.50. The van der Waals surface area contributed by atoms with Crippen molar-refractivity contribution < 1.29 is 0 Å². The van der Waals surface area contributed by atoms with Gasteiger partial charge in [-0.2, -0.15) is 0 Å². The molecule has 0 aromatic carbocycles. The molecule has 2 aliphatic carbocycles. The van der Waals surface area contributed by atoms with Gasteiger partial charge in [-0.1, -0.05) is 19.8 Å². The number of piperidine rings is 1. The van der Waals surface area contributed by atoms with E-state index < -0.39 is 0 Å². The fraction of sp³-hybridized carbons (Fsp3) is 1.00. The quantitative estimate of drug-likeness (QED) is 0.820. The number of rotatable bonds is 5. The van der Waals surface area contributed by atoms with Crippen molar-refractivity contribution in [3.05, 3.63) is 0 Å². The zero-order chi connectivity index (χ0) is 13.1. The summed E-state index contributed by atoms with van der Waals surface area (Å²) in [5.41, 5.74) is 0. The van der Waals surface area contributed by atoms with Crippen LogP contribution in [0.25, 0.3) is 0 Å². The minimum atomic E-state index is 0.967. The molecule has 1 N–H and O–H groups in total. The standard InChI is InChI=1S/C17H32N2/c1-14-2-4-15(5-3-14)12-19(17-6-7-17)13-16-8-10-18-11-9-16/h14-18H,2-13H2,1H3. The molecule has 0 amide bonds. The van der Waals surface area contributed by atoms with E-state index in [0.29, 0.717) is 0 Å². The lowest BCUT2D eigenvalue weighted by atomic mass is 9.82. The Labute approximate surface area is 119 Å². The van der Waals surface area contributed by atoms with Gasteiger partial charge in [0, 0.05) is 19.1 Å². The highest BCUT2D eigenvalue weighted by Gasteiger charge is 2.32. The second-order valence-electron chi connectivity index (χ2n) is 7.50. The molecule has 2 saturated carbocycles. The summed E-state index contributed by atoms with van der Waals surface area (Å²) in [5.74, 6) is 2.98. The molecular formula is C17H32N2. The largest absolute Gasteiger partial charge is 0.317 e. The predicted molar refractivity (Wildman–Crippen MR) is 81.3 cm³/mol. The monoisotopic (exact) mass is 264 g/mol. The number of nitrogens with one attached hydrogen (secondary N) is 1. The van der Waals surface area contributed by atoms with Crippen molar-refractivity contribution in [2.45, 2.75) is 64.3 Å². The molecule has 3 aliphatic rings. The Morgan fingerprint density at radius 3 is 1.95 bits per heavy atom. The van der Waals surface area contributed by atoms with Crippen molar-refractivity contribution in [1.29, 1.82) is 0 Å². The van der Waals surface area contributed by atoms with Crippen LogP contribution in [0, 0.1) is 17.8 Å². The molecule has 0 aromatic heterocycles. The minimum absolute atomic E-state index is 0.967. The van der Waals surface area contributed by atoms with Crippen LogP contribution in [0.3, 0.4) is 0 Å². The highest BCUT2D eigenvalue weighted by Crippen LogP contribution is 2.34. The first-order valence-electron chi connectivity index (χ1n) is 8.76. The zero-order valence-electron chi connectivity index (χ0n) is 12.7. The van der Waals surface area contributed by atoms with E-state index in [4.69, 9.17) is 0 Å². The Hall–Kier alpha value is -0.0800.